The van der Waals surface area contributed by atoms with Crippen molar-refractivity contribution in [3.8, 4) is 0 Å². The molecule has 1 aromatic carbocycles. The van der Waals surface area contributed by atoms with Gasteiger partial charge in [0.2, 0.25) is 11.8 Å². The number of hydrogen-bond donors (Lipinski definition) is 2. The Kier molecular flexibility index (Phi) is 6.36. The van der Waals surface area contributed by atoms with E-state index in [-0.39, 0.29) is 18.2 Å². The zero-order chi connectivity index (χ0) is 15.8. The van der Waals surface area contributed by atoms with Gasteiger partial charge in [-0.3, -0.25) is 9.59 Å². The van der Waals surface area contributed by atoms with Gasteiger partial charge in [0.15, 0.2) is 0 Å². The number of amides is 2. The zero-order valence-electron chi connectivity index (χ0n) is 12.9. The van der Waals surface area contributed by atoms with Gasteiger partial charge in [-0.05, 0) is 19.1 Å². The highest BCUT2D eigenvalue weighted by Gasteiger charge is 2.29. The normalized spacial score (nSPS) is 18.3. The minimum Gasteiger partial charge on any atom is -0.380 e. The van der Waals surface area contributed by atoms with E-state index in [1.165, 1.54) is 0 Å². The molecule has 2 N–H and O–H groups in total. The molecule has 1 aliphatic rings. The molecule has 0 aliphatic carbocycles. The largest absolute Gasteiger partial charge is 0.380 e. The fraction of sp³-hybridized carbons (Fsp3) is 0.500. The molecule has 1 saturated heterocycles. The minimum atomic E-state index is -0.459. The fourth-order valence-electron chi connectivity index (χ4n) is 2.41. The molecule has 22 heavy (non-hydrogen) atoms. The molecule has 6 nitrogen and oxygen atoms in total. The summed E-state index contributed by atoms with van der Waals surface area (Å²) >= 11 is 0. The number of ether oxygens (including phenoxy) is 1. The van der Waals surface area contributed by atoms with Crippen molar-refractivity contribution in [1.82, 2.24) is 10.2 Å². The summed E-state index contributed by atoms with van der Waals surface area (Å²) in [6.07, 6.45) is 0.138. The van der Waals surface area contributed by atoms with Crippen molar-refractivity contribution in [1.29, 1.82) is 0 Å². The summed E-state index contributed by atoms with van der Waals surface area (Å²) in [5, 5.41) is 5.92. The van der Waals surface area contributed by atoms with E-state index in [0.29, 0.717) is 32.8 Å². The number of anilines is 1. The van der Waals surface area contributed by atoms with Crippen LogP contribution >= 0.6 is 0 Å². The Hall–Kier alpha value is -1.92. The van der Waals surface area contributed by atoms with Gasteiger partial charge >= 0.3 is 0 Å². The van der Waals surface area contributed by atoms with Crippen molar-refractivity contribution in [2.75, 3.05) is 38.2 Å². The molecular weight excluding hydrogens is 282 g/mol. The van der Waals surface area contributed by atoms with E-state index in [0.717, 1.165) is 5.69 Å². The number of nitrogens with zero attached hydrogens (tertiary/aromatic N) is 1. The smallest absolute Gasteiger partial charge is 0.240 e. The van der Waals surface area contributed by atoms with Crippen LogP contribution in [0.2, 0.25) is 0 Å². The van der Waals surface area contributed by atoms with E-state index >= 15 is 0 Å². The molecule has 0 radical (unpaired) electrons. The third-order valence-corrected chi connectivity index (χ3v) is 3.54. The first-order valence-electron chi connectivity index (χ1n) is 7.65. The maximum Gasteiger partial charge on any atom is 0.240 e. The van der Waals surface area contributed by atoms with Crippen LogP contribution in [0.1, 0.15) is 13.3 Å². The molecule has 1 fully saturated rings. The number of carbonyl (C=O) groups is 2. The minimum absolute atomic E-state index is 0.0332. The number of benzene rings is 1. The van der Waals surface area contributed by atoms with Crippen LogP contribution in [-0.4, -0.2) is 55.6 Å². The summed E-state index contributed by atoms with van der Waals surface area (Å²) in [7, 11) is 0. The molecular formula is C16H23N3O3. The molecule has 6 heteroatoms. The average molecular weight is 305 g/mol. The number of rotatable bonds is 7. The molecule has 0 spiro atoms. The number of carbonyl (C=O) groups excluding carboxylic acids is 2. The summed E-state index contributed by atoms with van der Waals surface area (Å²) in [4.78, 5) is 26.1. The Morgan fingerprint density at radius 1 is 1.41 bits per heavy atom. The van der Waals surface area contributed by atoms with Gasteiger partial charge in [-0.1, -0.05) is 18.2 Å². The van der Waals surface area contributed by atoms with Gasteiger partial charge in [-0.25, -0.2) is 0 Å². The van der Waals surface area contributed by atoms with E-state index in [1.807, 2.05) is 37.3 Å². The highest BCUT2D eigenvalue weighted by atomic mass is 16.5. The highest BCUT2D eigenvalue weighted by Crippen LogP contribution is 2.09. The molecule has 120 valence electrons. The Balaban J connectivity index is 1.83. The van der Waals surface area contributed by atoms with Gasteiger partial charge in [0.25, 0.3) is 0 Å². The van der Waals surface area contributed by atoms with Crippen LogP contribution < -0.4 is 10.6 Å². The van der Waals surface area contributed by atoms with Crippen molar-refractivity contribution in [3.05, 3.63) is 30.3 Å². The second kappa shape index (κ2) is 8.51. The topological polar surface area (TPSA) is 70.7 Å². The lowest BCUT2D eigenvalue weighted by atomic mass is 10.1. The standard InChI is InChI=1S/C16H23N3O3/c1-2-22-11-10-19-9-8-17-14(16(19)21)12-15(20)18-13-6-4-3-5-7-13/h3-7,14,17H,2,8-12H2,1H3,(H,18,20). The number of piperazine rings is 1. The van der Waals surface area contributed by atoms with Crippen LogP contribution in [-0.2, 0) is 14.3 Å². The van der Waals surface area contributed by atoms with E-state index in [9.17, 15) is 9.59 Å². The maximum atomic E-state index is 12.3. The first-order valence-corrected chi connectivity index (χ1v) is 7.65. The molecule has 1 aliphatic heterocycles. The average Bonchev–Trinajstić information content (AvgIpc) is 2.52. The Labute approximate surface area is 130 Å². The summed E-state index contributed by atoms with van der Waals surface area (Å²) in [5.74, 6) is -0.196. The van der Waals surface area contributed by atoms with Crippen molar-refractivity contribution in [2.24, 2.45) is 0 Å². The van der Waals surface area contributed by atoms with Crippen LogP contribution in [0.15, 0.2) is 30.3 Å². The van der Waals surface area contributed by atoms with Gasteiger partial charge in [0, 0.05) is 31.9 Å². The monoisotopic (exact) mass is 305 g/mol. The quantitative estimate of drug-likeness (QED) is 0.733. The number of nitrogens with one attached hydrogen (secondary N) is 2. The predicted molar refractivity (Wildman–Crippen MR) is 84.6 cm³/mol. The molecule has 2 amide bonds. The second-order valence-corrected chi connectivity index (χ2v) is 5.15. The van der Waals surface area contributed by atoms with Crippen molar-refractivity contribution >= 4 is 17.5 Å². The summed E-state index contributed by atoms with van der Waals surface area (Å²) < 4.78 is 5.29. The maximum absolute atomic E-state index is 12.3. The molecule has 1 heterocycles. The summed E-state index contributed by atoms with van der Waals surface area (Å²) in [6.45, 7) is 5.03. The molecule has 1 atom stereocenters. The van der Waals surface area contributed by atoms with Crippen LogP contribution in [0.4, 0.5) is 5.69 Å². The van der Waals surface area contributed by atoms with E-state index in [4.69, 9.17) is 4.74 Å². The molecule has 2 rings (SSSR count). The van der Waals surface area contributed by atoms with Crippen molar-refractivity contribution in [3.63, 3.8) is 0 Å². The van der Waals surface area contributed by atoms with Crippen LogP contribution in [0.5, 0.6) is 0 Å². The Bertz CT molecular complexity index is 493. The highest BCUT2D eigenvalue weighted by molar-refractivity contribution is 5.95. The van der Waals surface area contributed by atoms with E-state index in [2.05, 4.69) is 10.6 Å². The fourth-order valence-corrected chi connectivity index (χ4v) is 2.41. The molecule has 0 aromatic heterocycles. The molecule has 0 saturated carbocycles. The predicted octanol–water partition coefficient (Wildman–Crippen LogP) is 0.852. The lowest BCUT2D eigenvalue weighted by molar-refractivity contribution is -0.138. The third kappa shape index (κ3) is 4.82. The number of para-hydroxylation sites is 1. The van der Waals surface area contributed by atoms with Gasteiger partial charge in [-0.15, -0.1) is 0 Å². The Morgan fingerprint density at radius 2 is 2.18 bits per heavy atom. The van der Waals surface area contributed by atoms with Crippen molar-refractivity contribution < 1.29 is 14.3 Å². The Morgan fingerprint density at radius 3 is 2.91 bits per heavy atom. The first kappa shape index (κ1) is 16.5. The zero-order valence-corrected chi connectivity index (χ0v) is 12.9. The summed E-state index contributed by atoms with van der Waals surface area (Å²) in [5.41, 5.74) is 0.740. The van der Waals surface area contributed by atoms with Gasteiger partial charge in [-0.2, -0.15) is 0 Å². The van der Waals surface area contributed by atoms with Gasteiger partial charge in [0.05, 0.1) is 19.1 Å². The lowest BCUT2D eigenvalue weighted by Gasteiger charge is -2.32. The van der Waals surface area contributed by atoms with E-state index < -0.39 is 6.04 Å². The molecule has 0 bridgehead atoms. The van der Waals surface area contributed by atoms with Crippen LogP contribution in [0.25, 0.3) is 0 Å². The van der Waals surface area contributed by atoms with Crippen LogP contribution in [0.3, 0.4) is 0 Å². The summed E-state index contributed by atoms with van der Waals surface area (Å²) in [6, 6.07) is 8.78. The SMILES string of the molecule is CCOCCN1CCNC(CC(=O)Nc2ccccc2)C1=O. The lowest BCUT2D eigenvalue weighted by Crippen LogP contribution is -2.56. The van der Waals surface area contributed by atoms with E-state index in [1.54, 1.807) is 4.90 Å². The third-order valence-electron chi connectivity index (χ3n) is 3.54. The van der Waals surface area contributed by atoms with Crippen molar-refractivity contribution in [2.45, 2.75) is 19.4 Å². The van der Waals surface area contributed by atoms with Crippen LogP contribution in [0, 0.1) is 0 Å². The first-order chi connectivity index (χ1) is 10.7. The second-order valence-electron chi connectivity index (χ2n) is 5.15. The van der Waals surface area contributed by atoms with Gasteiger partial charge < -0.3 is 20.3 Å². The number of hydrogen-bond acceptors (Lipinski definition) is 4. The van der Waals surface area contributed by atoms with Gasteiger partial charge in [0.1, 0.15) is 0 Å². The molecule has 1 unspecified atom stereocenters. The molecule has 1 aromatic rings.